The Hall–Kier alpha value is -0.0800. The van der Waals surface area contributed by atoms with Crippen molar-refractivity contribution in [2.75, 3.05) is 6.61 Å². The van der Waals surface area contributed by atoms with Gasteiger partial charge in [0.25, 0.3) is 0 Å². The van der Waals surface area contributed by atoms with Gasteiger partial charge in [-0.1, -0.05) is 52.4 Å². The lowest BCUT2D eigenvalue weighted by molar-refractivity contribution is -0.152. The molecule has 21 heavy (non-hydrogen) atoms. The van der Waals surface area contributed by atoms with Crippen LogP contribution in [0.1, 0.15) is 91.4 Å². The van der Waals surface area contributed by atoms with Gasteiger partial charge in [-0.3, -0.25) is 0 Å². The van der Waals surface area contributed by atoms with E-state index < -0.39 is 0 Å². The van der Waals surface area contributed by atoms with E-state index in [0.29, 0.717) is 11.5 Å². The molecule has 2 nitrogen and oxygen atoms in total. The number of hydrogen-bond acceptors (Lipinski definition) is 2. The third-order valence-electron chi connectivity index (χ3n) is 5.92. The molecular weight excluding hydrogens is 258 g/mol. The maximum absolute atomic E-state index is 6.08. The van der Waals surface area contributed by atoms with Crippen LogP contribution in [-0.2, 0) is 4.74 Å². The molecule has 2 heteroatoms. The van der Waals surface area contributed by atoms with Crippen molar-refractivity contribution < 1.29 is 4.74 Å². The SMILES string of the molecule is CCCCC(CCC)NC1CC(OCC)C12CCCCC2. The minimum atomic E-state index is 0.479. The monoisotopic (exact) mass is 295 g/mol. The van der Waals surface area contributed by atoms with E-state index in [1.165, 1.54) is 70.6 Å². The summed E-state index contributed by atoms with van der Waals surface area (Å²) in [6, 6.07) is 1.46. The van der Waals surface area contributed by atoms with E-state index >= 15 is 0 Å². The molecule has 1 spiro atoms. The molecular formula is C19H37NO. The summed E-state index contributed by atoms with van der Waals surface area (Å²) in [6.45, 7) is 7.66. The number of rotatable bonds is 9. The maximum Gasteiger partial charge on any atom is 0.0661 e. The predicted octanol–water partition coefficient (Wildman–Crippen LogP) is 5.06. The molecule has 0 bridgehead atoms. The first-order valence-electron chi connectivity index (χ1n) is 9.64. The lowest BCUT2D eigenvalue weighted by Crippen LogP contribution is -2.66. The van der Waals surface area contributed by atoms with Crippen molar-refractivity contribution in [2.24, 2.45) is 5.41 Å². The maximum atomic E-state index is 6.08. The van der Waals surface area contributed by atoms with E-state index in [4.69, 9.17) is 4.74 Å². The summed E-state index contributed by atoms with van der Waals surface area (Å²) in [5.41, 5.74) is 0.479. The van der Waals surface area contributed by atoms with E-state index in [-0.39, 0.29) is 0 Å². The average molecular weight is 296 g/mol. The molecule has 0 heterocycles. The van der Waals surface area contributed by atoms with Crippen LogP contribution in [0.4, 0.5) is 0 Å². The molecule has 2 aliphatic carbocycles. The Morgan fingerprint density at radius 3 is 2.43 bits per heavy atom. The quantitative estimate of drug-likeness (QED) is 0.641. The van der Waals surface area contributed by atoms with Crippen molar-refractivity contribution in [1.82, 2.24) is 5.32 Å². The van der Waals surface area contributed by atoms with Crippen molar-refractivity contribution in [3.05, 3.63) is 0 Å². The van der Waals surface area contributed by atoms with Gasteiger partial charge in [0.2, 0.25) is 0 Å². The third kappa shape index (κ3) is 4.01. The summed E-state index contributed by atoms with van der Waals surface area (Å²) in [4.78, 5) is 0. The number of nitrogens with one attached hydrogen (secondary N) is 1. The van der Waals surface area contributed by atoms with Crippen molar-refractivity contribution in [3.8, 4) is 0 Å². The van der Waals surface area contributed by atoms with Gasteiger partial charge in [-0.15, -0.1) is 0 Å². The Morgan fingerprint density at radius 2 is 1.81 bits per heavy atom. The molecule has 2 saturated carbocycles. The van der Waals surface area contributed by atoms with Crippen molar-refractivity contribution in [1.29, 1.82) is 0 Å². The van der Waals surface area contributed by atoms with Crippen LogP contribution in [0.25, 0.3) is 0 Å². The van der Waals surface area contributed by atoms with Gasteiger partial charge in [-0.25, -0.2) is 0 Å². The molecule has 0 aromatic carbocycles. The van der Waals surface area contributed by atoms with Crippen LogP contribution < -0.4 is 5.32 Å². The van der Waals surface area contributed by atoms with Crippen LogP contribution in [0.15, 0.2) is 0 Å². The second kappa shape index (κ2) is 8.53. The molecule has 0 amide bonds. The van der Waals surface area contributed by atoms with Crippen LogP contribution >= 0.6 is 0 Å². The molecule has 2 fully saturated rings. The highest BCUT2D eigenvalue weighted by Crippen LogP contribution is 2.53. The largest absolute Gasteiger partial charge is 0.378 e. The lowest BCUT2D eigenvalue weighted by Gasteiger charge is -2.58. The minimum Gasteiger partial charge on any atom is -0.378 e. The third-order valence-corrected chi connectivity index (χ3v) is 5.92. The minimum absolute atomic E-state index is 0.479. The van der Waals surface area contributed by atoms with Crippen LogP contribution in [-0.4, -0.2) is 24.8 Å². The first kappa shape index (κ1) is 17.3. The molecule has 124 valence electrons. The normalized spacial score (nSPS) is 29.3. The summed E-state index contributed by atoms with van der Waals surface area (Å²) in [6.07, 6.45) is 15.5. The highest BCUT2D eigenvalue weighted by molar-refractivity contribution is 5.09. The highest BCUT2D eigenvalue weighted by atomic mass is 16.5. The Morgan fingerprint density at radius 1 is 1.05 bits per heavy atom. The molecule has 0 radical (unpaired) electrons. The number of ether oxygens (including phenoxy) is 1. The fourth-order valence-electron chi connectivity index (χ4n) is 4.69. The van der Waals surface area contributed by atoms with Gasteiger partial charge >= 0.3 is 0 Å². The van der Waals surface area contributed by atoms with Gasteiger partial charge in [-0.2, -0.15) is 0 Å². The summed E-state index contributed by atoms with van der Waals surface area (Å²) in [5.74, 6) is 0. The van der Waals surface area contributed by atoms with Crippen LogP contribution in [0.2, 0.25) is 0 Å². The lowest BCUT2D eigenvalue weighted by atomic mass is 9.55. The average Bonchev–Trinajstić information content (AvgIpc) is 2.52. The Labute approximate surface area is 132 Å². The topological polar surface area (TPSA) is 21.3 Å². The van der Waals surface area contributed by atoms with E-state index in [9.17, 15) is 0 Å². The Balaban J connectivity index is 1.94. The second-order valence-corrected chi connectivity index (χ2v) is 7.32. The standard InChI is InChI=1S/C19H37NO/c1-4-7-12-16(11-5-2)20-17-15-18(21-6-3)19(17)13-9-8-10-14-19/h16-18,20H,4-15H2,1-3H3. The summed E-state index contributed by atoms with van der Waals surface area (Å²) in [7, 11) is 0. The first-order valence-corrected chi connectivity index (χ1v) is 9.64. The van der Waals surface area contributed by atoms with Crippen LogP contribution in [0.3, 0.4) is 0 Å². The molecule has 2 aliphatic rings. The summed E-state index contributed by atoms with van der Waals surface area (Å²) < 4.78 is 6.08. The van der Waals surface area contributed by atoms with E-state index in [2.05, 4.69) is 26.1 Å². The fraction of sp³-hybridized carbons (Fsp3) is 1.00. The van der Waals surface area contributed by atoms with E-state index in [1.54, 1.807) is 0 Å². The molecule has 2 rings (SSSR count). The van der Waals surface area contributed by atoms with Crippen LogP contribution in [0.5, 0.6) is 0 Å². The van der Waals surface area contributed by atoms with Crippen molar-refractivity contribution in [2.45, 2.75) is 110 Å². The van der Waals surface area contributed by atoms with Crippen molar-refractivity contribution >= 4 is 0 Å². The molecule has 0 aliphatic heterocycles. The zero-order chi connectivity index (χ0) is 15.1. The number of unbranched alkanes of at least 4 members (excludes halogenated alkanes) is 1. The van der Waals surface area contributed by atoms with Gasteiger partial charge in [0.15, 0.2) is 0 Å². The van der Waals surface area contributed by atoms with Gasteiger partial charge < -0.3 is 10.1 Å². The van der Waals surface area contributed by atoms with E-state index in [0.717, 1.165) is 18.7 Å². The Bertz CT molecular complexity index is 285. The molecule has 0 aromatic heterocycles. The summed E-state index contributed by atoms with van der Waals surface area (Å²) in [5, 5.41) is 4.06. The smallest absolute Gasteiger partial charge is 0.0661 e. The van der Waals surface area contributed by atoms with Gasteiger partial charge in [0, 0.05) is 24.1 Å². The van der Waals surface area contributed by atoms with Gasteiger partial charge in [-0.05, 0) is 39.0 Å². The predicted molar refractivity (Wildman–Crippen MR) is 90.7 cm³/mol. The van der Waals surface area contributed by atoms with E-state index in [1.807, 2.05) is 0 Å². The van der Waals surface area contributed by atoms with Crippen molar-refractivity contribution in [3.63, 3.8) is 0 Å². The highest BCUT2D eigenvalue weighted by Gasteiger charge is 2.55. The molecule has 3 unspecified atom stereocenters. The molecule has 3 atom stereocenters. The molecule has 1 N–H and O–H groups in total. The Kier molecular flexibility index (Phi) is 7.01. The summed E-state index contributed by atoms with van der Waals surface area (Å²) >= 11 is 0. The van der Waals surface area contributed by atoms with Gasteiger partial charge in [0.05, 0.1) is 6.10 Å². The zero-order valence-electron chi connectivity index (χ0n) is 14.6. The van der Waals surface area contributed by atoms with Gasteiger partial charge in [0.1, 0.15) is 0 Å². The first-order chi connectivity index (χ1) is 10.3. The number of hydrogen-bond donors (Lipinski definition) is 1. The van der Waals surface area contributed by atoms with Crippen LogP contribution in [0, 0.1) is 5.41 Å². The fourth-order valence-corrected chi connectivity index (χ4v) is 4.69. The molecule has 0 aromatic rings. The zero-order valence-corrected chi connectivity index (χ0v) is 14.6. The molecule has 0 saturated heterocycles. The second-order valence-electron chi connectivity index (χ2n) is 7.32.